The molecule has 33 heavy (non-hydrogen) atoms. The molecule has 2 aromatic carbocycles. The summed E-state index contributed by atoms with van der Waals surface area (Å²) in [6, 6.07) is 12.3. The molecule has 1 N–H and O–H groups in total. The second-order valence-corrected chi connectivity index (χ2v) is 11.0. The number of fused-ring (bicyclic) bond motifs is 2. The number of nitrogens with zero attached hydrogens (tertiary/aromatic N) is 1. The molecule has 2 aliphatic heterocycles. The Morgan fingerprint density at radius 3 is 2.61 bits per heavy atom. The molecule has 0 aromatic heterocycles. The maximum atomic E-state index is 13.4. The van der Waals surface area contributed by atoms with Gasteiger partial charge in [0.2, 0.25) is 10.0 Å². The Hall–Kier alpha value is -2.45. The predicted octanol–water partition coefficient (Wildman–Crippen LogP) is 4.46. The van der Waals surface area contributed by atoms with Crippen LogP contribution >= 0.6 is 11.6 Å². The van der Waals surface area contributed by atoms with E-state index in [2.05, 4.69) is 19.2 Å². The third-order valence-electron chi connectivity index (χ3n) is 6.55. The monoisotopic (exact) mass is 492 g/mol. The van der Waals surface area contributed by atoms with Crippen molar-refractivity contribution in [3.05, 3.63) is 53.1 Å². The molecule has 1 amide bonds. The minimum absolute atomic E-state index is 0.114. The zero-order chi connectivity index (χ0) is 23.8. The van der Waals surface area contributed by atoms with Gasteiger partial charge in [0.05, 0.1) is 18.0 Å². The lowest BCUT2D eigenvalue weighted by Crippen LogP contribution is -2.47. The highest BCUT2D eigenvalue weighted by Crippen LogP contribution is 2.43. The number of hydrogen-bond acceptors (Lipinski definition) is 5. The van der Waals surface area contributed by atoms with Gasteiger partial charge in [0.25, 0.3) is 5.91 Å². The van der Waals surface area contributed by atoms with E-state index in [4.69, 9.17) is 21.1 Å². The summed E-state index contributed by atoms with van der Waals surface area (Å²) in [5, 5.41) is 3.55. The summed E-state index contributed by atoms with van der Waals surface area (Å²) in [6.45, 7) is 4.29. The summed E-state index contributed by atoms with van der Waals surface area (Å²) < 4.78 is 38.4. The van der Waals surface area contributed by atoms with E-state index >= 15 is 0 Å². The van der Waals surface area contributed by atoms with Crippen molar-refractivity contribution in [1.82, 2.24) is 5.32 Å². The van der Waals surface area contributed by atoms with Gasteiger partial charge >= 0.3 is 0 Å². The van der Waals surface area contributed by atoms with Crippen LogP contribution in [-0.2, 0) is 14.8 Å². The van der Waals surface area contributed by atoms with E-state index in [1.54, 1.807) is 18.2 Å². The molecular weight excluding hydrogens is 464 g/mol. The van der Waals surface area contributed by atoms with Crippen LogP contribution in [0.4, 0.5) is 5.69 Å². The summed E-state index contributed by atoms with van der Waals surface area (Å²) in [5.41, 5.74) is 0.919. The first-order valence-electron chi connectivity index (χ1n) is 11.2. The van der Waals surface area contributed by atoms with Crippen LogP contribution in [0.15, 0.2) is 42.5 Å². The Labute approximate surface area is 200 Å². The number of ether oxygens (including phenoxy) is 2. The van der Waals surface area contributed by atoms with Crippen LogP contribution < -0.4 is 19.1 Å². The molecule has 2 aliphatic rings. The summed E-state index contributed by atoms with van der Waals surface area (Å²) in [5.74, 6) is 0.808. The lowest BCUT2D eigenvalue weighted by atomic mass is 9.83. The number of nitrogens with one attached hydrogen (secondary N) is 1. The first kappa shape index (κ1) is 23.7. The van der Waals surface area contributed by atoms with Crippen LogP contribution in [0.3, 0.4) is 0 Å². The SMILES string of the molecule is CCC1(CC)C[C@H](NC(=O)[C@@H]2CCN(S(C)(=O)=O)c3cc(Cl)ccc3O2)c2ccccc2O1. The Bertz CT molecular complexity index is 1150. The van der Waals surface area contributed by atoms with Crippen molar-refractivity contribution in [2.45, 2.75) is 57.3 Å². The summed E-state index contributed by atoms with van der Waals surface area (Å²) >= 11 is 6.11. The molecule has 178 valence electrons. The van der Waals surface area contributed by atoms with E-state index < -0.39 is 16.1 Å². The zero-order valence-electron chi connectivity index (χ0n) is 19.0. The summed E-state index contributed by atoms with van der Waals surface area (Å²) in [6.07, 6.45) is 2.79. The molecule has 0 radical (unpaired) electrons. The van der Waals surface area contributed by atoms with Gasteiger partial charge in [-0.05, 0) is 37.1 Å². The molecule has 9 heteroatoms. The second kappa shape index (κ2) is 9.06. The Kier molecular flexibility index (Phi) is 6.51. The topological polar surface area (TPSA) is 84.9 Å². The number of halogens is 1. The van der Waals surface area contributed by atoms with Crippen LogP contribution in [0.5, 0.6) is 11.5 Å². The number of carbonyl (C=O) groups is 1. The van der Waals surface area contributed by atoms with Gasteiger partial charge in [0.15, 0.2) is 6.10 Å². The first-order valence-corrected chi connectivity index (χ1v) is 13.4. The number of benzene rings is 2. The summed E-state index contributed by atoms with van der Waals surface area (Å²) in [7, 11) is -3.57. The Balaban J connectivity index is 1.61. The number of sulfonamides is 1. The van der Waals surface area contributed by atoms with Crippen LogP contribution in [-0.4, -0.2) is 38.8 Å². The molecule has 0 saturated carbocycles. The van der Waals surface area contributed by atoms with Gasteiger partial charge in [0.1, 0.15) is 17.1 Å². The molecule has 2 heterocycles. The minimum atomic E-state index is -3.57. The number of para-hydroxylation sites is 1. The molecule has 0 fully saturated rings. The molecule has 0 aliphatic carbocycles. The van der Waals surface area contributed by atoms with Crippen molar-refractivity contribution in [3.63, 3.8) is 0 Å². The normalized spacial score (nSPS) is 21.6. The zero-order valence-corrected chi connectivity index (χ0v) is 20.6. The molecule has 0 unspecified atom stereocenters. The maximum Gasteiger partial charge on any atom is 0.261 e. The highest BCUT2D eigenvalue weighted by molar-refractivity contribution is 7.92. The Morgan fingerprint density at radius 1 is 1.18 bits per heavy atom. The fourth-order valence-corrected chi connectivity index (χ4v) is 5.68. The van der Waals surface area contributed by atoms with Crippen molar-refractivity contribution >= 4 is 33.2 Å². The van der Waals surface area contributed by atoms with Crippen molar-refractivity contribution in [1.29, 1.82) is 0 Å². The van der Waals surface area contributed by atoms with E-state index in [0.717, 1.165) is 30.4 Å². The number of anilines is 1. The summed E-state index contributed by atoms with van der Waals surface area (Å²) in [4.78, 5) is 13.4. The van der Waals surface area contributed by atoms with Gasteiger partial charge in [-0.1, -0.05) is 43.6 Å². The highest BCUT2D eigenvalue weighted by atomic mass is 35.5. The van der Waals surface area contributed by atoms with Gasteiger partial charge in [0, 0.05) is 30.0 Å². The average Bonchev–Trinajstić information content (AvgIpc) is 2.98. The van der Waals surface area contributed by atoms with Gasteiger partial charge in [-0.3, -0.25) is 9.10 Å². The second-order valence-electron chi connectivity index (χ2n) is 8.64. The van der Waals surface area contributed by atoms with Gasteiger partial charge in [-0.25, -0.2) is 8.42 Å². The van der Waals surface area contributed by atoms with Crippen LogP contribution in [0.25, 0.3) is 0 Å². The van der Waals surface area contributed by atoms with E-state index in [1.807, 2.05) is 24.3 Å². The number of amides is 1. The molecule has 2 aromatic rings. The van der Waals surface area contributed by atoms with E-state index in [1.165, 1.54) is 4.31 Å². The van der Waals surface area contributed by atoms with Gasteiger partial charge in [-0.2, -0.15) is 0 Å². The van der Waals surface area contributed by atoms with Crippen molar-refractivity contribution in [2.75, 3.05) is 17.1 Å². The largest absolute Gasteiger partial charge is 0.487 e. The van der Waals surface area contributed by atoms with E-state index in [0.29, 0.717) is 22.9 Å². The van der Waals surface area contributed by atoms with Gasteiger partial charge < -0.3 is 14.8 Å². The molecule has 7 nitrogen and oxygen atoms in total. The van der Waals surface area contributed by atoms with E-state index in [-0.39, 0.29) is 30.5 Å². The maximum absolute atomic E-state index is 13.4. The first-order chi connectivity index (χ1) is 15.7. The molecule has 2 atom stereocenters. The smallest absolute Gasteiger partial charge is 0.261 e. The molecule has 0 saturated heterocycles. The lowest BCUT2D eigenvalue weighted by Gasteiger charge is -2.42. The number of hydrogen-bond donors (Lipinski definition) is 1. The third-order valence-corrected chi connectivity index (χ3v) is 7.96. The predicted molar refractivity (Wildman–Crippen MR) is 129 cm³/mol. The van der Waals surface area contributed by atoms with E-state index in [9.17, 15) is 13.2 Å². The quantitative estimate of drug-likeness (QED) is 0.666. The number of rotatable bonds is 5. The minimum Gasteiger partial charge on any atom is -0.487 e. The molecular formula is C24H29ClN2O5S. The molecule has 0 bridgehead atoms. The van der Waals surface area contributed by atoms with Gasteiger partial charge in [-0.15, -0.1) is 0 Å². The highest BCUT2D eigenvalue weighted by Gasteiger charge is 2.40. The lowest BCUT2D eigenvalue weighted by molar-refractivity contribution is -0.129. The van der Waals surface area contributed by atoms with Crippen molar-refractivity contribution < 1.29 is 22.7 Å². The third kappa shape index (κ3) is 4.77. The fourth-order valence-electron chi connectivity index (χ4n) is 4.58. The fraction of sp³-hybridized carbons (Fsp3) is 0.458. The van der Waals surface area contributed by atoms with Crippen LogP contribution in [0.1, 0.15) is 51.1 Å². The molecule has 4 rings (SSSR count). The average molecular weight is 493 g/mol. The van der Waals surface area contributed by atoms with Crippen molar-refractivity contribution in [2.24, 2.45) is 0 Å². The van der Waals surface area contributed by atoms with Crippen LogP contribution in [0.2, 0.25) is 5.02 Å². The standard InChI is InChI=1S/C24H29ClN2O5S/c1-4-24(5-2)15-18(17-8-6-7-9-20(17)32-24)26-23(28)22-12-13-27(33(3,29)30)19-14-16(25)10-11-21(19)31-22/h6-11,14,18,22H,4-5,12-13,15H2,1-3H3,(H,26,28)/t18-,22-/m0/s1. The van der Waals surface area contributed by atoms with Crippen molar-refractivity contribution in [3.8, 4) is 11.5 Å². The molecule has 0 spiro atoms. The number of carbonyl (C=O) groups excluding carboxylic acids is 1. The van der Waals surface area contributed by atoms with Crippen LogP contribution in [0, 0.1) is 0 Å². The Morgan fingerprint density at radius 2 is 1.91 bits per heavy atom.